The highest BCUT2D eigenvalue weighted by Crippen LogP contribution is 2.47. The van der Waals surface area contributed by atoms with Crippen molar-refractivity contribution in [3.8, 4) is 0 Å². The number of aromatic nitrogens is 3. The van der Waals surface area contributed by atoms with Crippen molar-refractivity contribution in [2.45, 2.75) is 56.3 Å². The van der Waals surface area contributed by atoms with Crippen LogP contribution in [0.1, 0.15) is 60.4 Å². The Morgan fingerprint density at radius 1 is 1.08 bits per heavy atom. The third-order valence-corrected chi connectivity index (χ3v) is 7.91. The van der Waals surface area contributed by atoms with Crippen molar-refractivity contribution >= 4 is 52.6 Å². The summed E-state index contributed by atoms with van der Waals surface area (Å²) in [5.74, 6) is -0.718. The zero-order valence-electron chi connectivity index (χ0n) is 20.5. The fourth-order valence-electron chi connectivity index (χ4n) is 4.96. The summed E-state index contributed by atoms with van der Waals surface area (Å²) in [6, 6.07) is 7.86. The van der Waals surface area contributed by atoms with Crippen LogP contribution in [0, 0.1) is 0 Å². The Kier molecular flexibility index (Phi) is 5.75. The number of nitrogens with two attached hydrogens (primary N) is 1. The van der Waals surface area contributed by atoms with Gasteiger partial charge in [-0.05, 0) is 68.5 Å². The van der Waals surface area contributed by atoms with E-state index in [1.807, 2.05) is 12.1 Å². The van der Waals surface area contributed by atoms with Crippen LogP contribution in [0.3, 0.4) is 0 Å². The van der Waals surface area contributed by atoms with E-state index >= 15 is 0 Å². The predicted octanol–water partition coefficient (Wildman–Crippen LogP) is 3.35. The molecule has 3 amide bonds. The molecule has 0 spiro atoms. The zero-order valence-corrected chi connectivity index (χ0v) is 22.0. The Labute approximate surface area is 228 Å². The van der Waals surface area contributed by atoms with E-state index in [-0.39, 0.29) is 23.5 Å². The second-order valence-electron chi connectivity index (χ2n) is 10.1. The van der Waals surface area contributed by atoms with Crippen molar-refractivity contribution < 1.29 is 14.4 Å². The summed E-state index contributed by atoms with van der Waals surface area (Å²) in [5, 5.41) is 6.78. The van der Waals surface area contributed by atoms with Gasteiger partial charge in [0.05, 0.1) is 23.1 Å². The lowest BCUT2D eigenvalue weighted by atomic mass is 10.1. The molecule has 6 rings (SSSR count). The molecule has 2 fully saturated rings. The molecule has 0 saturated heterocycles. The fraction of sp³-hybridized carbons (Fsp3) is 0.346. The van der Waals surface area contributed by atoms with Gasteiger partial charge in [-0.2, -0.15) is 0 Å². The summed E-state index contributed by atoms with van der Waals surface area (Å²) >= 11 is 12.3. The van der Waals surface area contributed by atoms with Crippen LogP contribution in [0.15, 0.2) is 42.7 Å². The lowest BCUT2D eigenvalue weighted by Gasteiger charge is -2.23. The lowest BCUT2D eigenvalue weighted by molar-refractivity contribution is -0.125. The Balaban J connectivity index is 1.22. The number of halogens is 2. The van der Waals surface area contributed by atoms with E-state index in [2.05, 4.69) is 20.6 Å². The lowest BCUT2D eigenvalue weighted by Crippen LogP contribution is -2.52. The molecule has 12 heteroatoms. The first kappa shape index (κ1) is 24.8. The minimum Gasteiger partial charge on any atom is -0.343 e. The number of anilines is 2. The fourth-order valence-corrected chi connectivity index (χ4v) is 5.47. The van der Waals surface area contributed by atoms with Crippen molar-refractivity contribution in [1.29, 1.82) is 0 Å². The minimum absolute atomic E-state index is 0.189. The molecule has 0 radical (unpaired) electrons. The van der Waals surface area contributed by atoms with Crippen LogP contribution in [-0.4, -0.2) is 37.8 Å². The Morgan fingerprint density at radius 2 is 1.79 bits per heavy atom. The number of carbonyl (C=O) groups is 3. The second-order valence-corrected chi connectivity index (χ2v) is 11.0. The van der Waals surface area contributed by atoms with Crippen LogP contribution < -0.4 is 21.3 Å². The molecular formula is C26H25Cl2N7O3. The molecule has 4 N–H and O–H groups in total. The Bertz CT molecular complexity index is 1480. The third kappa shape index (κ3) is 4.03. The minimum atomic E-state index is -1.02. The summed E-state index contributed by atoms with van der Waals surface area (Å²) < 4.78 is 1.56. The highest BCUT2D eigenvalue weighted by atomic mass is 35.5. The van der Waals surface area contributed by atoms with Crippen molar-refractivity contribution in [2.24, 2.45) is 5.73 Å². The molecule has 196 valence electrons. The highest BCUT2D eigenvalue weighted by Gasteiger charge is 2.56. The molecule has 1 aliphatic heterocycles. The van der Waals surface area contributed by atoms with Gasteiger partial charge in [-0.3, -0.25) is 23.9 Å². The van der Waals surface area contributed by atoms with Crippen molar-refractivity contribution in [3.05, 3.63) is 69.7 Å². The van der Waals surface area contributed by atoms with E-state index in [4.69, 9.17) is 28.9 Å². The first-order chi connectivity index (χ1) is 18.2. The average molecular weight is 554 g/mol. The number of rotatable bonds is 7. The van der Waals surface area contributed by atoms with Crippen molar-refractivity contribution in [3.63, 3.8) is 0 Å². The maximum Gasteiger partial charge on any atom is 0.270 e. The molecule has 2 saturated carbocycles. The predicted molar refractivity (Wildman–Crippen MR) is 141 cm³/mol. The van der Waals surface area contributed by atoms with Crippen LogP contribution in [0.4, 0.5) is 11.6 Å². The van der Waals surface area contributed by atoms with Gasteiger partial charge in [0.2, 0.25) is 11.9 Å². The van der Waals surface area contributed by atoms with Crippen LogP contribution in [0.2, 0.25) is 10.0 Å². The van der Waals surface area contributed by atoms with E-state index in [9.17, 15) is 14.4 Å². The molecule has 10 nitrogen and oxygen atoms in total. The van der Waals surface area contributed by atoms with Gasteiger partial charge in [0.25, 0.3) is 11.8 Å². The number of nitrogens with zero attached hydrogens (tertiary/aromatic N) is 4. The monoisotopic (exact) mass is 553 g/mol. The van der Waals surface area contributed by atoms with Crippen molar-refractivity contribution in [2.75, 3.05) is 4.90 Å². The SMILES string of the molecule is C[C@H]1C(=O)N(c2cc(Cl)cc(Cl)c2)c2ncc(C(=O)NC3(C(=O)NC4(c5cc(CN)ccn5)CC4)CC3)n21. The number of imidazole rings is 1. The first-order valence-corrected chi connectivity index (χ1v) is 13.1. The number of fused-ring (bicyclic) bond motifs is 1. The second kappa shape index (κ2) is 8.79. The molecule has 1 aromatic carbocycles. The van der Waals surface area contributed by atoms with Gasteiger partial charge in [0.15, 0.2) is 0 Å². The van der Waals surface area contributed by atoms with Gasteiger partial charge < -0.3 is 16.4 Å². The summed E-state index contributed by atoms with van der Waals surface area (Å²) in [5.41, 5.74) is 6.57. The van der Waals surface area contributed by atoms with E-state index < -0.39 is 23.0 Å². The maximum absolute atomic E-state index is 13.4. The van der Waals surface area contributed by atoms with Gasteiger partial charge >= 0.3 is 0 Å². The number of benzene rings is 1. The number of amides is 3. The van der Waals surface area contributed by atoms with Crippen LogP contribution in [-0.2, 0) is 21.7 Å². The first-order valence-electron chi connectivity index (χ1n) is 12.3. The van der Waals surface area contributed by atoms with Crippen LogP contribution in [0.5, 0.6) is 0 Å². The largest absolute Gasteiger partial charge is 0.343 e. The maximum atomic E-state index is 13.4. The van der Waals surface area contributed by atoms with E-state index in [0.29, 0.717) is 35.1 Å². The number of hydrogen-bond acceptors (Lipinski definition) is 6. The molecule has 1 atom stereocenters. The number of carbonyl (C=O) groups excluding carboxylic acids is 3. The van der Waals surface area contributed by atoms with Gasteiger partial charge in [-0.1, -0.05) is 23.2 Å². The Hall–Kier alpha value is -3.47. The number of hydrogen-bond donors (Lipinski definition) is 3. The topological polar surface area (TPSA) is 135 Å². The number of pyridine rings is 1. The van der Waals surface area contributed by atoms with Gasteiger partial charge in [0, 0.05) is 22.8 Å². The molecule has 3 aromatic rings. The molecule has 2 aromatic heterocycles. The van der Waals surface area contributed by atoms with Crippen LogP contribution in [0.25, 0.3) is 0 Å². The quantitative estimate of drug-likeness (QED) is 0.410. The molecule has 38 heavy (non-hydrogen) atoms. The van der Waals surface area contributed by atoms with Gasteiger partial charge in [-0.25, -0.2) is 9.88 Å². The van der Waals surface area contributed by atoms with E-state index in [0.717, 1.165) is 24.1 Å². The molecule has 0 bridgehead atoms. The zero-order chi connectivity index (χ0) is 26.8. The summed E-state index contributed by atoms with van der Waals surface area (Å²) in [7, 11) is 0. The number of nitrogens with one attached hydrogen (secondary N) is 2. The molecule has 3 aliphatic rings. The van der Waals surface area contributed by atoms with E-state index in [1.54, 1.807) is 35.9 Å². The van der Waals surface area contributed by atoms with E-state index in [1.165, 1.54) is 11.1 Å². The van der Waals surface area contributed by atoms with Crippen molar-refractivity contribution in [1.82, 2.24) is 25.2 Å². The Morgan fingerprint density at radius 3 is 2.42 bits per heavy atom. The average Bonchev–Trinajstić information content (AvgIpc) is 3.79. The normalized spacial score (nSPS) is 20.2. The highest BCUT2D eigenvalue weighted by molar-refractivity contribution is 6.35. The van der Waals surface area contributed by atoms with Crippen LogP contribution >= 0.6 is 23.2 Å². The van der Waals surface area contributed by atoms with Gasteiger partial charge in [-0.15, -0.1) is 0 Å². The standard InChI is InChI=1S/C26H25Cl2N7O3/c1-14-22(37)35(18-10-16(27)9-17(28)11-18)24-31-13-19(34(14)24)21(36)32-26(5-6-26)23(38)33-25(3-4-25)20-8-15(12-29)2-7-30-20/h2,7-11,13-14H,3-6,12,29H2,1H3,(H,32,36)(H,33,38)/t14-/m0/s1. The smallest absolute Gasteiger partial charge is 0.270 e. The van der Waals surface area contributed by atoms with Gasteiger partial charge in [0.1, 0.15) is 17.3 Å². The summed E-state index contributed by atoms with van der Waals surface area (Å²) in [6.07, 6.45) is 5.66. The summed E-state index contributed by atoms with van der Waals surface area (Å²) in [6.45, 7) is 2.08. The molecule has 0 unspecified atom stereocenters. The molecular weight excluding hydrogens is 529 g/mol. The molecule has 2 aliphatic carbocycles. The molecule has 3 heterocycles. The third-order valence-electron chi connectivity index (χ3n) is 7.47. The summed E-state index contributed by atoms with van der Waals surface area (Å²) in [4.78, 5) is 50.1.